The Bertz CT molecular complexity index is 574. The molecule has 1 N–H and O–H groups in total. The van der Waals surface area contributed by atoms with Crippen molar-refractivity contribution in [2.45, 2.75) is 6.18 Å². The van der Waals surface area contributed by atoms with Crippen LogP contribution < -0.4 is 5.32 Å². The number of nitrogens with one attached hydrogen (secondary N) is 1. The van der Waals surface area contributed by atoms with Crippen LogP contribution in [-0.2, 0) is 16.2 Å². The molecule has 0 unspecified atom stereocenters. The maximum Gasteiger partial charge on any atom is 0.418 e. The van der Waals surface area contributed by atoms with E-state index in [4.69, 9.17) is 0 Å². The van der Waals surface area contributed by atoms with E-state index in [1.807, 2.05) is 0 Å². The Morgan fingerprint density at radius 2 is 1.90 bits per heavy atom. The van der Waals surface area contributed by atoms with E-state index in [0.29, 0.717) is 4.47 Å². The molecule has 4 nitrogen and oxygen atoms in total. The Kier molecular flexibility index (Phi) is 5.45. The molecule has 1 aromatic rings. The fourth-order valence-corrected chi connectivity index (χ4v) is 2.49. The smallest absolute Gasteiger partial charge is 0.383 e. The summed E-state index contributed by atoms with van der Waals surface area (Å²) in [5, 5.41) is 2.51. The molecule has 20 heavy (non-hydrogen) atoms. The van der Waals surface area contributed by atoms with E-state index < -0.39 is 21.8 Å². The fraction of sp³-hybridized carbons (Fsp3) is 0.455. The number of hydrogen-bond acceptors (Lipinski definition) is 3. The number of nitrogens with zero attached hydrogens (tertiary/aromatic N) is 1. The van der Waals surface area contributed by atoms with Gasteiger partial charge in [-0.1, -0.05) is 15.9 Å². The van der Waals surface area contributed by atoms with E-state index in [-0.39, 0.29) is 18.0 Å². The third kappa shape index (κ3) is 4.64. The van der Waals surface area contributed by atoms with Crippen LogP contribution in [0.5, 0.6) is 0 Å². The quantitative estimate of drug-likeness (QED) is 0.861. The van der Waals surface area contributed by atoms with Crippen LogP contribution in [0.3, 0.4) is 0 Å². The molecular weight excluding hydrogens is 361 g/mol. The van der Waals surface area contributed by atoms with Crippen LogP contribution >= 0.6 is 15.9 Å². The van der Waals surface area contributed by atoms with Crippen LogP contribution in [0.25, 0.3) is 0 Å². The molecule has 9 heteroatoms. The predicted octanol–water partition coefficient (Wildman–Crippen LogP) is 2.77. The third-order valence-electron chi connectivity index (χ3n) is 2.52. The van der Waals surface area contributed by atoms with Crippen molar-refractivity contribution in [3.05, 3.63) is 28.2 Å². The molecule has 0 aliphatic carbocycles. The second-order valence-corrected chi connectivity index (χ2v) is 7.43. The average molecular weight is 375 g/mol. The molecule has 0 atom stereocenters. The number of hydrogen-bond donors (Lipinski definition) is 1. The van der Waals surface area contributed by atoms with Crippen molar-refractivity contribution in [2.24, 2.45) is 0 Å². The van der Waals surface area contributed by atoms with Crippen molar-refractivity contribution in [2.75, 3.05) is 31.7 Å². The highest BCUT2D eigenvalue weighted by Crippen LogP contribution is 2.36. The van der Waals surface area contributed by atoms with Crippen molar-refractivity contribution in [3.63, 3.8) is 0 Å². The monoisotopic (exact) mass is 374 g/mol. The summed E-state index contributed by atoms with van der Waals surface area (Å²) in [5.74, 6) is -0.284. The maximum atomic E-state index is 12.8. The fourth-order valence-electron chi connectivity index (χ4n) is 1.40. The van der Waals surface area contributed by atoms with E-state index in [2.05, 4.69) is 21.2 Å². The van der Waals surface area contributed by atoms with Crippen LogP contribution in [0.4, 0.5) is 18.9 Å². The minimum atomic E-state index is -4.51. The van der Waals surface area contributed by atoms with Crippen molar-refractivity contribution in [1.29, 1.82) is 0 Å². The van der Waals surface area contributed by atoms with Crippen LogP contribution in [0.2, 0.25) is 0 Å². The van der Waals surface area contributed by atoms with Crippen LogP contribution in [0.1, 0.15) is 5.56 Å². The predicted molar refractivity (Wildman–Crippen MR) is 75.1 cm³/mol. The largest absolute Gasteiger partial charge is 0.418 e. The summed E-state index contributed by atoms with van der Waals surface area (Å²) in [7, 11) is -0.702. The van der Waals surface area contributed by atoms with Gasteiger partial charge in [0.1, 0.15) is 0 Å². The number of rotatable bonds is 5. The van der Waals surface area contributed by atoms with Gasteiger partial charge in [-0.2, -0.15) is 13.2 Å². The molecule has 114 valence electrons. The Morgan fingerprint density at radius 3 is 2.40 bits per heavy atom. The first-order chi connectivity index (χ1) is 9.04. The van der Waals surface area contributed by atoms with Gasteiger partial charge in [-0.3, -0.25) is 0 Å². The van der Waals surface area contributed by atoms with E-state index >= 15 is 0 Å². The van der Waals surface area contributed by atoms with Gasteiger partial charge in [0.05, 0.1) is 11.3 Å². The lowest BCUT2D eigenvalue weighted by molar-refractivity contribution is -0.137. The van der Waals surface area contributed by atoms with E-state index in [9.17, 15) is 21.6 Å². The molecule has 1 aromatic carbocycles. The molecule has 0 amide bonds. The van der Waals surface area contributed by atoms with Gasteiger partial charge in [0.2, 0.25) is 10.0 Å². The molecule has 0 aliphatic heterocycles. The van der Waals surface area contributed by atoms with Gasteiger partial charge in [0.25, 0.3) is 0 Å². The number of benzene rings is 1. The van der Waals surface area contributed by atoms with Gasteiger partial charge in [-0.25, -0.2) is 12.7 Å². The third-order valence-corrected chi connectivity index (χ3v) is 4.84. The van der Waals surface area contributed by atoms with Crippen molar-refractivity contribution < 1.29 is 21.6 Å². The molecule has 0 aliphatic rings. The van der Waals surface area contributed by atoms with Crippen molar-refractivity contribution >= 4 is 31.6 Å². The van der Waals surface area contributed by atoms with Gasteiger partial charge < -0.3 is 5.32 Å². The van der Waals surface area contributed by atoms with Crippen molar-refractivity contribution in [1.82, 2.24) is 4.31 Å². The Labute approximate surface area is 124 Å². The van der Waals surface area contributed by atoms with Crippen LogP contribution in [-0.4, -0.2) is 39.1 Å². The van der Waals surface area contributed by atoms with Crippen LogP contribution in [0.15, 0.2) is 22.7 Å². The first kappa shape index (κ1) is 17.3. The Hall–Kier alpha value is -0.800. The number of sulfonamides is 1. The summed E-state index contributed by atoms with van der Waals surface area (Å²) in [6.45, 7) is -0.106. The van der Waals surface area contributed by atoms with E-state index in [0.717, 1.165) is 10.4 Å². The lowest BCUT2D eigenvalue weighted by atomic mass is 10.1. The summed E-state index contributed by atoms with van der Waals surface area (Å²) >= 11 is 2.98. The van der Waals surface area contributed by atoms with Gasteiger partial charge in [-0.05, 0) is 18.2 Å². The summed E-state index contributed by atoms with van der Waals surface area (Å²) in [6.07, 6.45) is -4.51. The summed E-state index contributed by atoms with van der Waals surface area (Å²) in [5.41, 5.74) is -0.983. The summed E-state index contributed by atoms with van der Waals surface area (Å²) < 4.78 is 62.8. The van der Waals surface area contributed by atoms with Gasteiger partial charge in [0.15, 0.2) is 0 Å². The second kappa shape index (κ2) is 6.31. The SMILES string of the molecule is CN(C)S(=O)(=O)CCNc1ccc(Br)cc1C(F)(F)F. The molecule has 1 rings (SSSR count). The zero-order valence-corrected chi connectivity index (χ0v) is 13.2. The first-order valence-corrected chi connectivity index (χ1v) is 7.95. The molecule has 0 saturated carbocycles. The van der Waals surface area contributed by atoms with E-state index in [1.54, 1.807) is 0 Å². The minimum Gasteiger partial charge on any atom is -0.383 e. The van der Waals surface area contributed by atoms with Crippen molar-refractivity contribution in [3.8, 4) is 0 Å². The average Bonchev–Trinajstić information content (AvgIpc) is 2.29. The maximum absolute atomic E-state index is 12.8. The molecule has 0 radical (unpaired) electrons. The topological polar surface area (TPSA) is 49.4 Å². The molecule has 0 fully saturated rings. The standard InChI is InChI=1S/C11H14BrF3N2O2S/c1-17(2)20(18,19)6-5-16-10-4-3-8(12)7-9(10)11(13,14)15/h3-4,7,16H,5-6H2,1-2H3. The molecule has 0 heterocycles. The molecule has 0 bridgehead atoms. The number of halogens is 4. The van der Waals surface area contributed by atoms with Gasteiger partial charge in [-0.15, -0.1) is 0 Å². The lowest BCUT2D eigenvalue weighted by Crippen LogP contribution is -2.28. The number of alkyl halides is 3. The van der Waals surface area contributed by atoms with E-state index in [1.165, 1.54) is 26.2 Å². The normalized spacial score (nSPS) is 12.8. The summed E-state index contributed by atoms with van der Waals surface area (Å²) in [6, 6.07) is 3.66. The Morgan fingerprint density at radius 1 is 1.30 bits per heavy atom. The molecule has 0 aromatic heterocycles. The van der Waals surface area contributed by atoms with Gasteiger partial charge in [0, 0.05) is 30.8 Å². The van der Waals surface area contributed by atoms with Crippen LogP contribution in [0, 0.1) is 0 Å². The first-order valence-electron chi connectivity index (χ1n) is 5.55. The molecular formula is C11H14BrF3N2O2S. The summed E-state index contributed by atoms with van der Waals surface area (Å²) in [4.78, 5) is 0. The zero-order chi connectivity index (χ0) is 15.6. The molecule has 0 saturated heterocycles. The zero-order valence-electron chi connectivity index (χ0n) is 10.8. The lowest BCUT2D eigenvalue weighted by Gasteiger charge is -2.16. The molecule has 0 spiro atoms. The minimum absolute atomic E-state index is 0.106. The second-order valence-electron chi connectivity index (χ2n) is 4.21. The van der Waals surface area contributed by atoms with Gasteiger partial charge >= 0.3 is 6.18 Å². The highest BCUT2D eigenvalue weighted by molar-refractivity contribution is 9.10. The Balaban J connectivity index is 2.84. The highest BCUT2D eigenvalue weighted by atomic mass is 79.9. The number of anilines is 1. The highest BCUT2D eigenvalue weighted by Gasteiger charge is 2.33.